The number of nitrogens with zero attached hydrogens (tertiary/aromatic N) is 1. The topological polar surface area (TPSA) is 94.5 Å². The largest absolute Gasteiger partial charge is 0.507 e. The molecule has 3 aromatic carbocycles. The molecule has 0 saturated carbocycles. The molecule has 9 heteroatoms. The number of halogens is 1. The average molecular weight is 536 g/mol. The first kappa shape index (κ1) is 27.5. The van der Waals surface area contributed by atoms with E-state index in [0.717, 1.165) is 5.56 Å². The third-order valence-corrected chi connectivity index (χ3v) is 6.36. The number of amides is 1. The minimum Gasteiger partial charge on any atom is -0.507 e. The molecular weight excluding hydrogens is 505 g/mol. The Morgan fingerprint density at radius 3 is 2.03 bits per heavy atom. The summed E-state index contributed by atoms with van der Waals surface area (Å²) < 4.78 is 36.0. The maximum Gasteiger partial charge on any atom is 0.300 e. The van der Waals surface area contributed by atoms with Gasteiger partial charge in [0.25, 0.3) is 11.7 Å². The molecule has 1 saturated heterocycles. The van der Waals surface area contributed by atoms with Crippen molar-refractivity contribution in [2.45, 2.75) is 32.9 Å². The summed E-state index contributed by atoms with van der Waals surface area (Å²) >= 11 is 0. The van der Waals surface area contributed by atoms with Crippen molar-refractivity contribution in [3.05, 3.63) is 82.7 Å². The second-order valence-electron chi connectivity index (χ2n) is 9.25. The summed E-state index contributed by atoms with van der Waals surface area (Å²) in [7, 11) is 4.35. The molecule has 0 radical (unpaired) electrons. The Balaban J connectivity index is 1.97. The van der Waals surface area contributed by atoms with Gasteiger partial charge in [0.1, 0.15) is 17.3 Å². The van der Waals surface area contributed by atoms with E-state index >= 15 is 0 Å². The van der Waals surface area contributed by atoms with Gasteiger partial charge in [0, 0.05) is 11.3 Å². The highest BCUT2D eigenvalue weighted by Gasteiger charge is 2.47. The predicted octanol–water partition coefficient (Wildman–Crippen LogP) is 5.57. The van der Waals surface area contributed by atoms with Crippen LogP contribution in [0.5, 0.6) is 23.0 Å². The minimum absolute atomic E-state index is 0.0517. The molecule has 1 unspecified atom stereocenters. The van der Waals surface area contributed by atoms with Crippen molar-refractivity contribution >= 4 is 23.1 Å². The molecular formula is C30H30FNO7. The number of hydrogen-bond donors (Lipinski definition) is 1. The highest BCUT2D eigenvalue weighted by molar-refractivity contribution is 6.51. The van der Waals surface area contributed by atoms with E-state index in [4.69, 9.17) is 18.9 Å². The number of aryl methyl sites for hydroxylation is 1. The molecule has 0 bridgehead atoms. The molecule has 1 aliphatic rings. The smallest absolute Gasteiger partial charge is 0.300 e. The Labute approximate surface area is 226 Å². The molecule has 1 heterocycles. The van der Waals surface area contributed by atoms with Gasteiger partial charge in [0.2, 0.25) is 5.75 Å². The second kappa shape index (κ2) is 11.1. The first-order valence-electron chi connectivity index (χ1n) is 12.2. The van der Waals surface area contributed by atoms with Gasteiger partial charge < -0.3 is 24.1 Å². The van der Waals surface area contributed by atoms with E-state index < -0.39 is 23.5 Å². The molecule has 0 aliphatic carbocycles. The van der Waals surface area contributed by atoms with Gasteiger partial charge in [-0.05, 0) is 86.5 Å². The minimum atomic E-state index is -1.09. The summed E-state index contributed by atoms with van der Waals surface area (Å²) in [5.41, 5.74) is 1.61. The van der Waals surface area contributed by atoms with Crippen LogP contribution in [0, 0.1) is 12.7 Å². The van der Waals surface area contributed by atoms with Crippen LogP contribution < -0.4 is 23.8 Å². The molecule has 1 fully saturated rings. The number of benzene rings is 3. The molecule has 3 aromatic rings. The summed E-state index contributed by atoms with van der Waals surface area (Å²) in [5.74, 6) is -1.10. The number of aliphatic hydroxyl groups is 1. The number of aliphatic hydroxyl groups excluding tert-OH is 1. The highest BCUT2D eigenvalue weighted by Crippen LogP contribution is 2.47. The van der Waals surface area contributed by atoms with E-state index in [1.54, 1.807) is 30.3 Å². The van der Waals surface area contributed by atoms with Crippen LogP contribution in [0.25, 0.3) is 5.76 Å². The number of carbonyl (C=O) groups is 2. The lowest BCUT2D eigenvalue weighted by molar-refractivity contribution is -0.132. The lowest BCUT2D eigenvalue weighted by atomic mass is 9.94. The normalized spacial score (nSPS) is 16.5. The fourth-order valence-electron chi connectivity index (χ4n) is 4.61. The van der Waals surface area contributed by atoms with E-state index in [9.17, 15) is 19.1 Å². The van der Waals surface area contributed by atoms with E-state index in [0.29, 0.717) is 34.1 Å². The number of rotatable bonds is 8. The molecule has 1 N–H and O–H groups in total. The highest BCUT2D eigenvalue weighted by atomic mass is 19.1. The van der Waals surface area contributed by atoms with Crippen molar-refractivity contribution in [1.82, 2.24) is 0 Å². The van der Waals surface area contributed by atoms with Gasteiger partial charge in [-0.3, -0.25) is 14.5 Å². The molecule has 1 aliphatic heterocycles. The van der Waals surface area contributed by atoms with Crippen LogP contribution in [0.3, 0.4) is 0 Å². The van der Waals surface area contributed by atoms with Gasteiger partial charge in [-0.15, -0.1) is 0 Å². The van der Waals surface area contributed by atoms with Crippen molar-refractivity contribution < 1.29 is 38.0 Å². The van der Waals surface area contributed by atoms with Gasteiger partial charge in [0.05, 0.1) is 39.0 Å². The summed E-state index contributed by atoms with van der Waals surface area (Å²) in [4.78, 5) is 28.1. The Bertz CT molecular complexity index is 1420. The molecule has 204 valence electrons. The van der Waals surface area contributed by atoms with Crippen molar-refractivity contribution in [1.29, 1.82) is 0 Å². The first-order valence-corrected chi connectivity index (χ1v) is 12.2. The third kappa shape index (κ3) is 5.12. The Hall–Kier alpha value is -4.53. The van der Waals surface area contributed by atoms with Gasteiger partial charge in [0.15, 0.2) is 11.5 Å². The standard InChI is InChI=1S/C30H30FNO7/c1-16(2)39-22-12-7-18(13-17(22)3)27(33)25-26(19-14-23(36-4)29(38-6)24(15-19)37-5)32(30(35)28(25)34)21-10-8-20(31)9-11-21/h7-16,26,33H,1-6H3/b27-25+. The lowest BCUT2D eigenvalue weighted by Crippen LogP contribution is -2.29. The van der Waals surface area contributed by atoms with Gasteiger partial charge >= 0.3 is 0 Å². The fraction of sp³-hybridized carbons (Fsp3) is 0.267. The monoisotopic (exact) mass is 535 g/mol. The third-order valence-electron chi connectivity index (χ3n) is 6.36. The molecule has 8 nitrogen and oxygen atoms in total. The molecule has 4 rings (SSSR count). The van der Waals surface area contributed by atoms with Crippen LogP contribution in [0.1, 0.15) is 36.6 Å². The molecule has 1 atom stereocenters. The first-order chi connectivity index (χ1) is 18.6. The molecule has 0 aromatic heterocycles. The van der Waals surface area contributed by atoms with Gasteiger partial charge in [-0.1, -0.05) is 0 Å². The zero-order valence-electron chi connectivity index (χ0n) is 22.6. The summed E-state index contributed by atoms with van der Waals surface area (Å²) in [6.07, 6.45) is -0.0517. The van der Waals surface area contributed by atoms with Crippen molar-refractivity contribution in [3.8, 4) is 23.0 Å². The quantitative estimate of drug-likeness (QED) is 0.229. The maximum atomic E-state index is 13.7. The van der Waals surface area contributed by atoms with Crippen LogP contribution in [0.4, 0.5) is 10.1 Å². The number of Topliss-reactive ketones (excluding diaryl/α,β-unsaturated/α-hetero) is 1. The molecule has 39 heavy (non-hydrogen) atoms. The van der Waals surface area contributed by atoms with E-state index in [2.05, 4.69) is 0 Å². The number of anilines is 1. The summed E-state index contributed by atoms with van der Waals surface area (Å²) in [5, 5.41) is 11.5. The number of carbonyl (C=O) groups excluding carboxylic acids is 2. The van der Waals surface area contributed by atoms with Crippen LogP contribution in [-0.2, 0) is 9.59 Å². The zero-order valence-corrected chi connectivity index (χ0v) is 22.6. The van der Waals surface area contributed by atoms with E-state index in [1.165, 1.54) is 50.5 Å². The van der Waals surface area contributed by atoms with Gasteiger partial charge in [-0.2, -0.15) is 0 Å². The van der Waals surface area contributed by atoms with E-state index in [-0.39, 0.29) is 23.1 Å². The SMILES string of the molecule is COc1cc(C2/C(=C(\O)c3ccc(OC(C)C)c(C)c3)C(=O)C(=O)N2c2ccc(F)cc2)cc(OC)c1OC. The zero-order chi connectivity index (χ0) is 28.4. The summed E-state index contributed by atoms with van der Waals surface area (Å²) in [6, 6.07) is 12.3. The van der Waals surface area contributed by atoms with Gasteiger partial charge in [-0.25, -0.2) is 4.39 Å². The van der Waals surface area contributed by atoms with E-state index in [1.807, 2.05) is 20.8 Å². The van der Waals surface area contributed by atoms with Crippen molar-refractivity contribution in [3.63, 3.8) is 0 Å². The van der Waals surface area contributed by atoms with Crippen LogP contribution in [0.2, 0.25) is 0 Å². The second-order valence-corrected chi connectivity index (χ2v) is 9.25. The molecule has 0 spiro atoms. The van der Waals surface area contributed by atoms with Crippen LogP contribution in [-0.4, -0.2) is 44.2 Å². The number of hydrogen-bond acceptors (Lipinski definition) is 7. The van der Waals surface area contributed by atoms with Crippen molar-refractivity contribution in [2.75, 3.05) is 26.2 Å². The fourth-order valence-corrected chi connectivity index (χ4v) is 4.61. The maximum absolute atomic E-state index is 13.7. The molecule has 1 amide bonds. The van der Waals surface area contributed by atoms with Crippen LogP contribution >= 0.6 is 0 Å². The van der Waals surface area contributed by atoms with Crippen molar-refractivity contribution in [2.24, 2.45) is 0 Å². The lowest BCUT2D eigenvalue weighted by Gasteiger charge is -2.26. The Morgan fingerprint density at radius 2 is 1.51 bits per heavy atom. The Morgan fingerprint density at radius 1 is 0.897 bits per heavy atom. The predicted molar refractivity (Wildman–Crippen MR) is 144 cm³/mol. The summed E-state index contributed by atoms with van der Waals surface area (Å²) in [6.45, 7) is 5.63. The number of ether oxygens (including phenoxy) is 4. The number of ketones is 1. The average Bonchev–Trinajstić information content (AvgIpc) is 3.18. The Kier molecular flexibility index (Phi) is 7.80. The van der Waals surface area contributed by atoms with Crippen LogP contribution in [0.15, 0.2) is 60.2 Å². The number of methoxy groups -OCH3 is 3.